The molecule has 182 valence electrons. The number of aliphatic carboxylic acids is 1. The maximum atomic E-state index is 11.4. The summed E-state index contributed by atoms with van der Waals surface area (Å²) in [7, 11) is 0. The van der Waals surface area contributed by atoms with Crippen LogP contribution >= 0.6 is 0 Å². The van der Waals surface area contributed by atoms with Crippen molar-refractivity contribution < 1.29 is 19.4 Å². The van der Waals surface area contributed by atoms with E-state index in [0.717, 1.165) is 45.9 Å². The predicted molar refractivity (Wildman–Crippen MR) is 135 cm³/mol. The number of hydrogen-bond acceptors (Lipinski definition) is 4. The zero-order chi connectivity index (χ0) is 25.0. The highest BCUT2D eigenvalue weighted by molar-refractivity contribution is 5.71. The second kappa shape index (κ2) is 10.6. The van der Waals surface area contributed by atoms with Crippen molar-refractivity contribution >= 4 is 5.97 Å². The Morgan fingerprint density at radius 1 is 1.00 bits per heavy atom. The minimum Gasteiger partial charge on any atom is -0.493 e. The molecule has 3 N–H and O–H groups in total. The Hall–Kier alpha value is -2.53. The highest BCUT2D eigenvalue weighted by Gasteiger charge is 2.29. The summed E-state index contributed by atoms with van der Waals surface area (Å²) >= 11 is 0. The van der Waals surface area contributed by atoms with Crippen LogP contribution in [0.5, 0.6) is 17.2 Å². The Balaban J connectivity index is 2.61. The zero-order valence-electron chi connectivity index (χ0n) is 21.5. The first kappa shape index (κ1) is 26.7. The van der Waals surface area contributed by atoms with Crippen molar-refractivity contribution in [3.63, 3.8) is 0 Å². The van der Waals surface area contributed by atoms with Crippen molar-refractivity contribution in [3.05, 3.63) is 52.6 Å². The molecule has 0 atom stereocenters. The molecule has 0 amide bonds. The Bertz CT molecular complexity index is 930. The van der Waals surface area contributed by atoms with Crippen molar-refractivity contribution in [2.75, 3.05) is 13.2 Å². The number of carboxylic acid groups (broad SMARTS) is 1. The van der Waals surface area contributed by atoms with E-state index in [4.69, 9.17) is 15.2 Å². The molecule has 0 saturated heterocycles. The largest absolute Gasteiger partial charge is 0.493 e. The minimum absolute atomic E-state index is 0.0151. The fraction of sp³-hybridized carbons (Fsp3) is 0.536. The van der Waals surface area contributed by atoms with E-state index >= 15 is 0 Å². The fourth-order valence-electron chi connectivity index (χ4n) is 3.75. The second-order valence-corrected chi connectivity index (χ2v) is 11.0. The van der Waals surface area contributed by atoms with Gasteiger partial charge in [-0.1, -0.05) is 67.5 Å². The molecule has 0 radical (unpaired) electrons. The van der Waals surface area contributed by atoms with Gasteiger partial charge in [0.15, 0.2) is 0 Å². The summed E-state index contributed by atoms with van der Waals surface area (Å²) in [5, 5.41) is 9.39. The molecule has 0 aromatic heterocycles. The third kappa shape index (κ3) is 7.23. The molecule has 0 aliphatic carbocycles. The van der Waals surface area contributed by atoms with Crippen molar-refractivity contribution in [2.45, 2.75) is 85.0 Å². The SMILES string of the molecule is CC(C)c1cc(Oc2c(C(C)(C)C)cc(CC(=O)O)cc2C(C)(C)C)ccc1OCCCN. The van der Waals surface area contributed by atoms with Gasteiger partial charge in [0, 0.05) is 16.7 Å². The Kier molecular flexibility index (Phi) is 8.58. The smallest absolute Gasteiger partial charge is 0.307 e. The van der Waals surface area contributed by atoms with Crippen molar-refractivity contribution in [2.24, 2.45) is 5.73 Å². The lowest BCUT2D eigenvalue weighted by Crippen LogP contribution is -2.20. The molecule has 0 unspecified atom stereocenters. The van der Waals surface area contributed by atoms with E-state index in [1.807, 2.05) is 30.3 Å². The first-order chi connectivity index (χ1) is 15.2. The maximum absolute atomic E-state index is 11.4. The molecule has 2 aromatic rings. The molecule has 5 heteroatoms. The summed E-state index contributed by atoms with van der Waals surface area (Å²) in [6.45, 7) is 18.2. The highest BCUT2D eigenvalue weighted by atomic mass is 16.5. The van der Waals surface area contributed by atoms with E-state index in [1.165, 1.54) is 0 Å². The quantitative estimate of drug-likeness (QED) is 0.419. The molecule has 0 bridgehead atoms. The third-order valence-electron chi connectivity index (χ3n) is 5.55. The summed E-state index contributed by atoms with van der Waals surface area (Å²) in [6.07, 6.45) is 0.793. The number of hydrogen-bond donors (Lipinski definition) is 2. The fourth-order valence-corrected chi connectivity index (χ4v) is 3.75. The highest BCUT2D eigenvalue weighted by Crippen LogP contribution is 2.43. The normalized spacial score (nSPS) is 12.2. The van der Waals surface area contributed by atoms with Gasteiger partial charge in [0.05, 0.1) is 13.0 Å². The average molecular weight is 456 g/mol. The van der Waals surface area contributed by atoms with Gasteiger partial charge in [-0.2, -0.15) is 0 Å². The number of nitrogens with two attached hydrogens (primary N) is 1. The first-order valence-corrected chi connectivity index (χ1v) is 11.8. The number of carboxylic acids is 1. The third-order valence-corrected chi connectivity index (χ3v) is 5.55. The molecule has 5 nitrogen and oxygen atoms in total. The van der Waals surface area contributed by atoms with Gasteiger partial charge in [-0.3, -0.25) is 4.79 Å². The predicted octanol–water partition coefficient (Wildman–Crippen LogP) is 6.55. The van der Waals surface area contributed by atoms with Gasteiger partial charge in [-0.25, -0.2) is 0 Å². The lowest BCUT2D eigenvalue weighted by Gasteiger charge is -2.30. The molecule has 33 heavy (non-hydrogen) atoms. The van der Waals surface area contributed by atoms with Crippen LogP contribution in [0, 0.1) is 0 Å². The van der Waals surface area contributed by atoms with Crippen molar-refractivity contribution in [1.82, 2.24) is 0 Å². The second-order valence-electron chi connectivity index (χ2n) is 11.0. The van der Waals surface area contributed by atoms with Gasteiger partial charge < -0.3 is 20.3 Å². The average Bonchev–Trinajstić information content (AvgIpc) is 2.67. The van der Waals surface area contributed by atoms with Crippen LogP contribution in [0.4, 0.5) is 0 Å². The maximum Gasteiger partial charge on any atom is 0.307 e. The van der Waals surface area contributed by atoms with Crippen LogP contribution < -0.4 is 15.2 Å². The Morgan fingerprint density at radius 3 is 2.03 bits per heavy atom. The van der Waals surface area contributed by atoms with E-state index in [1.54, 1.807) is 0 Å². The van der Waals surface area contributed by atoms with E-state index in [2.05, 4.69) is 55.4 Å². The molecule has 0 saturated carbocycles. The van der Waals surface area contributed by atoms with Crippen LogP contribution in [0.1, 0.15) is 90.0 Å². The van der Waals surface area contributed by atoms with Crippen molar-refractivity contribution in [1.29, 1.82) is 0 Å². The molecule has 0 aliphatic rings. The van der Waals surface area contributed by atoms with Crippen LogP contribution in [-0.4, -0.2) is 24.2 Å². The van der Waals surface area contributed by atoms with Gasteiger partial charge in [0.1, 0.15) is 17.2 Å². The summed E-state index contributed by atoms with van der Waals surface area (Å²) in [5.41, 5.74) is 9.03. The monoisotopic (exact) mass is 455 g/mol. The van der Waals surface area contributed by atoms with Crippen molar-refractivity contribution in [3.8, 4) is 17.2 Å². The van der Waals surface area contributed by atoms with E-state index in [9.17, 15) is 9.90 Å². The summed E-state index contributed by atoms with van der Waals surface area (Å²) in [4.78, 5) is 11.4. The van der Waals surface area contributed by atoms with Gasteiger partial charge in [-0.05, 0) is 53.5 Å². The summed E-state index contributed by atoms with van der Waals surface area (Å²) in [6, 6.07) is 9.91. The van der Waals surface area contributed by atoms with Crippen LogP contribution in [0.25, 0.3) is 0 Å². The van der Waals surface area contributed by atoms with Gasteiger partial charge in [0.2, 0.25) is 0 Å². The van der Waals surface area contributed by atoms with E-state index in [0.29, 0.717) is 13.2 Å². The van der Waals surface area contributed by atoms with Crippen LogP contribution in [0.15, 0.2) is 30.3 Å². The molecular formula is C28H41NO4. The molecule has 2 aromatic carbocycles. The zero-order valence-corrected chi connectivity index (χ0v) is 21.5. The minimum atomic E-state index is -0.838. The number of ether oxygens (including phenoxy) is 2. The van der Waals surface area contributed by atoms with Crippen LogP contribution in [0.3, 0.4) is 0 Å². The lowest BCUT2D eigenvalue weighted by atomic mass is 9.78. The number of carbonyl (C=O) groups is 1. The first-order valence-electron chi connectivity index (χ1n) is 11.8. The number of benzene rings is 2. The number of rotatable bonds is 9. The van der Waals surface area contributed by atoms with Gasteiger partial charge >= 0.3 is 5.97 Å². The standard InChI is InChI=1S/C28H41NO4/c1-18(2)21-17-20(10-11-24(21)32-13-9-12-29)33-26-22(27(3,4)5)14-19(16-25(30)31)15-23(26)28(6,7)8/h10-11,14-15,17-18H,9,12-13,16,29H2,1-8H3,(H,30,31). The Morgan fingerprint density at radius 2 is 1.58 bits per heavy atom. The summed E-state index contributed by atoms with van der Waals surface area (Å²) in [5.74, 6) is 1.83. The summed E-state index contributed by atoms with van der Waals surface area (Å²) < 4.78 is 12.6. The molecular weight excluding hydrogens is 414 g/mol. The molecule has 0 spiro atoms. The lowest BCUT2D eigenvalue weighted by molar-refractivity contribution is -0.136. The van der Waals surface area contributed by atoms with Crippen LogP contribution in [0.2, 0.25) is 0 Å². The van der Waals surface area contributed by atoms with E-state index < -0.39 is 5.97 Å². The molecule has 0 aliphatic heterocycles. The Labute approximate surface area is 199 Å². The van der Waals surface area contributed by atoms with Crippen LogP contribution in [-0.2, 0) is 22.0 Å². The molecule has 2 rings (SSSR count). The van der Waals surface area contributed by atoms with E-state index in [-0.39, 0.29) is 23.2 Å². The van der Waals surface area contributed by atoms with Gasteiger partial charge in [-0.15, -0.1) is 0 Å². The molecule has 0 heterocycles. The molecule has 0 fully saturated rings. The van der Waals surface area contributed by atoms with Gasteiger partial charge in [0.25, 0.3) is 0 Å². The topological polar surface area (TPSA) is 81.8 Å².